The highest BCUT2D eigenvalue weighted by Gasteiger charge is 2.45. The summed E-state index contributed by atoms with van der Waals surface area (Å²) in [6.07, 6.45) is -0.685. The smallest absolute Gasteiger partial charge is 0.245 e. The Morgan fingerprint density at radius 1 is 1.07 bits per heavy atom. The number of methoxy groups -OCH3 is 1. The molecule has 6 nitrogen and oxygen atoms in total. The largest absolute Gasteiger partial charge is 0.497 e. The van der Waals surface area contributed by atoms with Crippen molar-refractivity contribution in [2.75, 3.05) is 13.7 Å². The third-order valence-electron chi connectivity index (χ3n) is 4.86. The van der Waals surface area contributed by atoms with E-state index in [0.717, 1.165) is 11.1 Å². The predicted molar refractivity (Wildman–Crippen MR) is 103 cm³/mol. The lowest BCUT2D eigenvalue weighted by molar-refractivity contribution is -0.132. The van der Waals surface area contributed by atoms with Crippen molar-refractivity contribution in [1.82, 2.24) is 9.21 Å². The lowest BCUT2D eigenvalue weighted by atomic mass is 10.1. The number of hydrogen-bond acceptors (Lipinski definition) is 4. The van der Waals surface area contributed by atoms with Crippen molar-refractivity contribution in [3.63, 3.8) is 0 Å². The van der Waals surface area contributed by atoms with Crippen LogP contribution in [0.1, 0.15) is 31.1 Å². The van der Waals surface area contributed by atoms with Gasteiger partial charge in [0.05, 0.1) is 12.0 Å². The standard InChI is InChI=1S/C20H24N2O4S/c1-14-5-11-19(12-6-14)27(24,25)21-13-15(2)22(16(3)23)20(21)17-7-9-18(26-4)10-8-17/h5-12,15,20H,13H2,1-4H3/t15-,20-/m1/s1. The highest BCUT2D eigenvalue weighted by molar-refractivity contribution is 7.89. The van der Waals surface area contributed by atoms with E-state index in [2.05, 4.69) is 0 Å². The van der Waals surface area contributed by atoms with E-state index in [9.17, 15) is 13.2 Å². The third kappa shape index (κ3) is 3.57. The fourth-order valence-corrected chi connectivity index (χ4v) is 5.14. The molecule has 0 aromatic heterocycles. The SMILES string of the molecule is COc1ccc([C@H]2N(C(C)=O)[C@H](C)CN2S(=O)(=O)c2ccc(C)cc2)cc1. The zero-order chi connectivity index (χ0) is 19.8. The molecule has 1 saturated heterocycles. The summed E-state index contributed by atoms with van der Waals surface area (Å²) in [5.41, 5.74) is 1.71. The number of carbonyl (C=O) groups is 1. The van der Waals surface area contributed by atoms with E-state index in [4.69, 9.17) is 4.74 Å². The lowest BCUT2D eigenvalue weighted by Crippen LogP contribution is -2.38. The van der Waals surface area contributed by atoms with Gasteiger partial charge in [-0.25, -0.2) is 8.42 Å². The van der Waals surface area contributed by atoms with Gasteiger partial charge in [-0.2, -0.15) is 4.31 Å². The van der Waals surface area contributed by atoms with E-state index in [1.54, 1.807) is 60.5 Å². The van der Waals surface area contributed by atoms with Gasteiger partial charge in [0.25, 0.3) is 0 Å². The summed E-state index contributed by atoms with van der Waals surface area (Å²) >= 11 is 0. The van der Waals surface area contributed by atoms with E-state index in [1.165, 1.54) is 11.2 Å². The number of benzene rings is 2. The number of amides is 1. The Bertz CT molecular complexity index is 923. The van der Waals surface area contributed by atoms with Gasteiger partial charge < -0.3 is 9.64 Å². The Balaban J connectivity index is 2.08. The van der Waals surface area contributed by atoms with Crippen molar-refractivity contribution in [3.05, 3.63) is 59.7 Å². The number of aryl methyl sites for hydroxylation is 1. The molecule has 3 rings (SSSR count). The minimum absolute atomic E-state index is 0.162. The molecule has 1 amide bonds. The highest BCUT2D eigenvalue weighted by atomic mass is 32.2. The molecule has 0 saturated carbocycles. The second kappa shape index (κ2) is 7.32. The fraction of sp³-hybridized carbons (Fsp3) is 0.350. The van der Waals surface area contributed by atoms with Gasteiger partial charge in [-0.15, -0.1) is 0 Å². The highest BCUT2D eigenvalue weighted by Crippen LogP contribution is 2.38. The topological polar surface area (TPSA) is 66.9 Å². The van der Waals surface area contributed by atoms with E-state index in [-0.39, 0.29) is 23.4 Å². The Morgan fingerprint density at radius 2 is 1.67 bits per heavy atom. The molecule has 0 unspecified atom stereocenters. The molecule has 0 radical (unpaired) electrons. The van der Waals surface area contributed by atoms with Gasteiger partial charge in [-0.3, -0.25) is 4.79 Å². The fourth-order valence-electron chi connectivity index (χ4n) is 3.49. The van der Waals surface area contributed by atoms with Crippen molar-refractivity contribution < 1.29 is 17.9 Å². The van der Waals surface area contributed by atoms with Crippen molar-refractivity contribution in [2.45, 2.75) is 37.9 Å². The molecule has 144 valence electrons. The number of carbonyl (C=O) groups excluding carboxylic acids is 1. The van der Waals surface area contributed by atoms with E-state index in [0.29, 0.717) is 5.75 Å². The van der Waals surface area contributed by atoms with Gasteiger partial charge in [0.2, 0.25) is 15.9 Å². The molecule has 1 heterocycles. The second-order valence-corrected chi connectivity index (χ2v) is 8.70. The zero-order valence-corrected chi connectivity index (χ0v) is 16.7. The maximum atomic E-state index is 13.3. The Kier molecular flexibility index (Phi) is 5.26. The molecule has 27 heavy (non-hydrogen) atoms. The molecule has 7 heteroatoms. The van der Waals surface area contributed by atoms with Crippen LogP contribution >= 0.6 is 0 Å². The maximum Gasteiger partial charge on any atom is 0.245 e. The van der Waals surface area contributed by atoms with Crippen molar-refractivity contribution in [2.24, 2.45) is 0 Å². The number of rotatable bonds is 4. The predicted octanol–water partition coefficient (Wildman–Crippen LogP) is 2.94. The summed E-state index contributed by atoms with van der Waals surface area (Å²) in [5.74, 6) is 0.511. The molecular weight excluding hydrogens is 364 g/mol. The summed E-state index contributed by atoms with van der Waals surface area (Å²) in [6, 6.07) is 13.7. The molecular formula is C20H24N2O4S. The normalized spacial score (nSPS) is 20.7. The molecule has 1 fully saturated rings. The number of hydrogen-bond donors (Lipinski definition) is 0. The quantitative estimate of drug-likeness (QED) is 0.808. The summed E-state index contributed by atoms with van der Waals surface area (Å²) in [6.45, 7) is 5.48. The summed E-state index contributed by atoms with van der Waals surface area (Å²) < 4.78 is 33.3. The van der Waals surface area contributed by atoms with Gasteiger partial charge in [0.15, 0.2) is 0 Å². The monoisotopic (exact) mass is 388 g/mol. The summed E-state index contributed by atoms with van der Waals surface area (Å²) in [5, 5.41) is 0. The first kappa shape index (κ1) is 19.4. The van der Waals surface area contributed by atoms with E-state index < -0.39 is 16.2 Å². The Labute approximate surface area is 160 Å². The molecule has 0 spiro atoms. The molecule has 0 N–H and O–H groups in total. The molecule has 0 aliphatic carbocycles. The zero-order valence-electron chi connectivity index (χ0n) is 15.9. The van der Waals surface area contributed by atoms with Crippen LogP contribution in [0, 0.1) is 6.92 Å². The number of sulfonamides is 1. The average Bonchev–Trinajstić information content (AvgIpc) is 3.00. The summed E-state index contributed by atoms with van der Waals surface area (Å²) in [4.78, 5) is 14.1. The first-order valence-electron chi connectivity index (χ1n) is 8.77. The second-order valence-electron chi connectivity index (χ2n) is 6.81. The van der Waals surface area contributed by atoms with Crippen molar-refractivity contribution >= 4 is 15.9 Å². The van der Waals surface area contributed by atoms with Crippen molar-refractivity contribution in [1.29, 1.82) is 0 Å². The maximum absolute atomic E-state index is 13.3. The van der Waals surface area contributed by atoms with Crippen LogP contribution < -0.4 is 4.74 Å². The van der Waals surface area contributed by atoms with Crippen LogP contribution in [0.3, 0.4) is 0 Å². The van der Waals surface area contributed by atoms with Crippen LogP contribution in [0.25, 0.3) is 0 Å². The molecule has 2 aromatic rings. The van der Waals surface area contributed by atoms with Crippen LogP contribution in [0.2, 0.25) is 0 Å². The minimum atomic E-state index is -3.76. The molecule has 1 aliphatic rings. The molecule has 2 atom stereocenters. The third-order valence-corrected chi connectivity index (χ3v) is 6.69. The van der Waals surface area contributed by atoms with E-state index in [1.807, 2.05) is 13.8 Å². The molecule has 0 bridgehead atoms. The van der Waals surface area contributed by atoms with Gasteiger partial charge in [-0.1, -0.05) is 29.8 Å². The summed E-state index contributed by atoms with van der Waals surface area (Å²) in [7, 11) is -2.19. The first-order valence-corrected chi connectivity index (χ1v) is 10.2. The molecule has 2 aromatic carbocycles. The Morgan fingerprint density at radius 3 is 2.19 bits per heavy atom. The lowest BCUT2D eigenvalue weighted by Gasteiger charge is -2.30. The van der Waals surface area contributed by atoms with E-state index >= 15 is 0 Å². The van der Waals surface area contributed by atoms with Gasteiger partial charge in [-0.05, 0) is 43.7 Å². The van der Waals surface area contributed by atoms with Gasteiger partial charge >= 0.3 is 0 Å². The van der Waals surface area contributed by atoms with Crippen LogP contribution in [-0.4, -0.2) is 43.2 Å². The minimum Gasteiger partial charge on any atom is -0.497 e. The number of ether oxygens (including phenoxy) is 1. The first-order chi connectivity index (χ1) is 12.8. The molecule has 1 aliphatic heterocycles. The van der Waals surface area contributed by atoms with Gasteiger partial charge in [0.1, 0.15) is 11.9 Å². The van der Waals surface area contributed by atoms with Crippen LogP contribution in [-0.2, 0) is 14.8 Å². The van der Waals surface area contributed by atoms with Crippen molar-refractivity contribution in [3.8, 4) is 5.75 Å². The van der Waals surface area contributed by atoms with Gasteiger partial charge in [0, 0.05) is 19.5 Å². The Hall–Kier alpha value is -2.38. The number of nitrogens with zero attached hydrogens (tertiary/aromatic N) is 2. The van der Waals surface area contributed by atoms with Crippen LogP contribution in [0.5, 0.6) is 5.75 Å². The van der Waals surface area contributed by atoms with Crippen LogP contribution in [0.15, 0.2) is 53.4 Å². The van der Waals surface area contributed by atoms with Crippen LogP contribution in [0.4, 0.5) is 0 Å². The average molecular weight is 388 g/mol.